The molecule has 3 aliphatic rings. The van der Waals surface area contributed by atoms with Crippen LogP contribution in [0, 0.1) is 0 Å². The molecule has 1 aliphatic carbocycles. The molecule has 24 heavy (non-hydrogen) atoms. The predicted molar refractivity (Wildman–Crippen MR) is 80.6 cm³/mol. The van der Waals surface area contributed by atoms with Gasteiger partial charge in [-0.3, -0.25) is 9.59 Å². The molecule has 126 valence electrons. The van der Waals surface area contributed by atoms with E-state index >= 15 is 0 Å². The van der Waals surface area contributed by atoms with Crippen LogP contribution < -0.4 is 0 Å². The van der Waals surface area contributed by atoms with Crippen molar-refractivity contribution in [3.63, 3.8) is 0 Å². The van der Waals surface area contributed by atoms with E-state index in [0.717, 1.165) is 0 Å². The van der Waals surface area contributed by atoms with E-state index in [9.17, 15) is 19.8 Å². The largest absolute Gasteiger partial charge is 0.507 e. The van der Waals surface area contributed by atoms with Gasteiger partial charge in [-0.15, -0.1) is 0 Å². The van der Waals surface area contributed by atoms with E-state index < -0.39 is 29.9 Å². The molecule has 7 nitrogen and oxygen atoms in total. The monoisotopic (exact) mass is 332 g/mol. The molecule has 4 rings (SSSR count). The van der Waals surface area contributed by atoms with Crippen LogP contribution in [0.2, 0.25) is 0 Å². The third-order valence-electron chi connectivity index (χ3n) is 4.89. The predicted octanol–water partition coefficient (Wildman–Crippen LogP) is 1.35. The van der Waals surface area contributed by atoms with Gasteiger partial charge >= 0.3 is 5.97 Å². The Morgan fingerprint density at radius 3 is 2.83 bits per heavy atom. The summed E-state index contributed by atoms with van der Waals surface area (Å²) in [5.74, 6) is -1.18. The summed E-state index contributed by atoms with van der Waals surface area (Å²) < 4.78 is 16.1. The standard InChI is InChI=1S/C17H16O7/c1-7-13-14(20)12-8(4-3-5-9(12)18)15(21)17(13)16(24-17)10(23-7)6-11(19)22-2/h3-5,7,10,16,18,20H,6H2,1-2H3. The van der Waals surface area contributed by atoms with Gasteiger partial charge < -0.3 is 24.4 Å². The number of hydrogen-bond donors (Lipinski definition) is 2. The normalized spacial score (nSPS) is 33.4. The lowest BCUT2D eigenvalue weighted by molar-refractivity contribution is -0.145. The average molecular weight is 332 g/mol. The van der Waals surface area contributed by atoms with Crippen molar-refractivity contribution >= 4 is 17.5 Å². The second kappa shape index (κ2) is 4.81. The maximum atomic E-state index is 13.0. The first-order chi connectivity index (χ1) is 11.4. The maximum Gasteiger partial charge on any atom is 0.308 e. The zero-order chi connectivity index (χ0) is 17.2. The number of phenols is 1. The van der Waals surface area contributed by atoms with E-state index in [1.165, 1.54) is 25.3 Å². The number of ether oxygens (including phenoxy) is 3. The summed E-state index contributed by atoms with van der Waals surface area (Å²) in [5.41, 5.74) is -0.724. The fourth-order valence-corrected chi connectivity index (χ4v) is 3.81. The highest BCUT2D eigenvalue weighted by Crippen LogP contribution is 2.58. The first-order valence-electron chi connectivity index (χ1n) is 7.62. The number of hydrogen-bond acceptors (Lipinski definition) is 7. The summed E-state index contributed by atoms with van der Waals surface area (Å²) >= 11 is 0. The number of aliphatic hydroxyl groups excluding tert-OH is 1. The number of rotatable bonds is 2. The number of ketones is 1. The number of Topliss-reactive ketones (excluding diaryl/α,β-unsaturated/α-hetero) is 1. The number of epoxide rings is 1. The van der Waals surface area contributed by atoms with Crippen molar-refractivity contribution in [3.05, 3.63) is 34.9 Å². The molecule has 4 unspecified atom stereocenters. The van der Waals surface area contributed by atoms with E-state index in [2.05, 4.69) is 4.74 Å². The van der Waals surface area contributed by atoms with E-state index in [1.54, 1.807) is 6.92 Å². The highest BCUT2D eigenvalue weighted by Gasteiger charge is 2.74. The quantitative estimate of drug-likeness (QED) is 0.622. The van der Waals surface area contributed by atoms with E-state index in [4.69, 9.17) is 9.47 Å². The van der Waals surface area contributed by atoms with Crippen LogP contribution in [0.25, 0.3) is 5.76 Å². The Morgan fingerprint density at radius 2 is 2.12 bits per heavy atom. The van der Waals surface area contributed by atoms with Crippen LogP contribution in [0.1, 0.15) is 29.3 Å². The molecule has 2 aliphatic heterocycles. The average Bonchev–Trinajstić information content (AvgIpc) is 3.28. The number of methoxy groups -OCH3 is 1. The zero-order valence-corrected chi connectivity index (χ0v) is 13.1. The Hall–Kier alpha value is -2.38. The Bertz CT molecular complexity index is 796. The molecule has 2 saturated heterocycles. The highest BCUT2D eigenvalue weighted by molar-refractivity contribution is 6.14. The number of esters is 1. The minimum absolute atomic E-state index is 0.0402. The molecule has 2 fully saturated rings. The summed E-state index contributed by atoms with van der Waals surface area (Å²) in [5, 5.41) is 20.7. The second-order valence-electron chi connectivity index (χ2n) is 6.16. The van der Waals surface area contributed by atoms with Crippen LogP contribution in [-0.4, -0.2) is 53.0 Å². The SMILES string of the molecule is COC(=O)CC1OC(C)C2=C(O)c3c(O)cccc3C(=O)C23OC13. The van der Waals surface area contributed by atoms with Crippen molar-refractivity contribution in [3.8, 4) is 5.75 Å². The van der Waals surface area contributed by atoms with Gasteiger partial charge in [0.2, 0.25) is 5.78 Å². The van der Waals surface area contributed by atoms with Crippen LogP contribution in [0.3, 0.4) is 0 Å². The number of benzene rings is 1. The van der Waals surface area contributed by atoms with Crippen molar-refractivity contribution in [2.24, 2.45) is 0 Å². The third-order valence-corrected chi connectivity index (χ3v) is 4.89. The summed E-state index contributed by atoms with van der Waals surface area (Å²) in [4.78, 5) is 24.6. The van der Waals surface area contributed by atoms with Gasteiger partial charge in [-0.2, -0.15) is 0 Å². The number of carbonyl (C=O) groups is 2. The molecule has 0 radical (unpaired) electrons. The van der Waals surface area contributed by atoms with Crippen LogP contribution >= 0.6 is 0 Å². The molecule has 2 N–H and O–H groups in total. The van der Waals surface area contributed by atoms with Crippen molar-refractivity contribution in [2.45, 2.75) is 37.3 Å². The summed E-state index contributed by atoms with van der Waals surface area (Å²) in [6.45, 7) is 1.67. The molecule has 1 aromatic rings. The molecule has 0 aromatic heterocycles. The molecule has 2 heterocycles. The molecule has 0 amide bonds. The van der Waals surface area contributed by atoms with Gasteiger partial charge in [0.15, 0.2) is 5.60 Å². The number of fused-ring (bicyclic) bond motifs is 1. The van der Waals surface area contributed by atoms with Crippen molar-refractivity contribution in [2.75, 3.05) is 7.11 Å². The van der Waals surface area contributed by atoms with E-state index in [0.29, 0.717) is 5.57 Å². The highest BCUT2D eigenvalue weighted by atomic mass is 16.7. The first kappa shape index (κ1) is 15.2. The topological polar surface area (TPSA) is 106 Å². The number of aliphatic hydroxyl groups is 1. The summed E-state index contributed by atoms with van der Waals surface area (Å²) in [6.07, 6.45) is -1.98. The zero-order valence-electron chi connectivity index (χ0n) is 13.1. The van der Waals surface area contributed by atoms with Gasteiger partial charge in [0.25, 0.3) is 0 Å². The maximum absolute atomic E-state index is 13.0. The minimum atomic E-state index is -1.32. The van der Waals surface area contributed by atoms with Crippen LogP contribution in [0.15, 0.2) is 23.8 Å². The smallest absolute Gasteiger partial charge is 0.308 e. The Labute approximate surface area is 137 Å². The molecule has 4 atom stereocenters. The fourth-order valence-electron chi connectivity index (χ4n) is 3.81. The van der Waals surface area contributed by atoms with Gasteiger partial charge in [-0.1, -0.05) is 12.1 Å². The molecule has 7 heteroatoms. The lowest BCUT2D eigenvalue weighted by atomic mass is 9.74. The molecule has 0 bridgehead atoms. The fraction of sp³-hybridized carbons (Fsp3) is 0.412. The first-order valence-corrected chi connectivity index (χ1v) is 7.62. The van der Waals surface area contributed by atoms with E-state index in [1.807, 2.05) is 0 Å². The van der Waals surface area contributed by atoms with Crippen LogP contribution in [0.4, 0.5) is 0 Å². The molecular formula is C17H16O7. The molecule has 1 aromatic carbocycles. The van der Waals surface area contributed by atoms with Gasteiger partial charge in [0.1, 0.15) is 17.6 Å². The van der Waals surface area contributed by atoms with Gasteiger partial charge in [0.05, 0.1) is 31.3 Å². The number of phenolic OH excluding ortho intramolecular Hbond substituents is 1. The Balaban J connectivity index is 1.82. The molecular weight excluding hydrogens is 316 g/mol. The lowest BCUT2D eigenvalue weighted by Gasteiger charge is -2.35. The van der Waals surface area contributed by atoms with Crippen molar-refractivity contribution in [1.82, 2.24) is 0 Å². The summed E-state index contributed by atoms with van der Waals surface area (Å²) in [6, 6.07) is 4.47. The van der Waals surface area contributed by atoms with E-state index in [-0.39, 0.29) is 34.8 Å². The van der Waals surface area contributed by atoms with Crippen LogP contribution in [-0.2, 0) is 19.0 Å². The van der Waals surface area contributed by atoms with Crippen molar-refractivity contribution < 1.29 is 34.0 Å². The number of aromatic hydroxyl groups is 1. The van der Waals surface area contributed by atoms with Gasteiger partial charge in [-0.05, 0) is 13.0 Å². The van der Waals surface area contributed by atoms with Gasteiger partial charge in [-0.25, -0.2) is 0 Å². The third kappa shape index (κ3) is 1.73. The lowest BCUT2D eigenvalue weighted by Crippen LogP contribution is -2.48. The number of carbonyl (C=O) groups excluding carboxylic acids is 2. The summed E-state index contributed by atoms with van der Waals surface area (Å²) in [7, 11) is 1.28. The Kier molecular flexibility index (Phi) is 3.04. The molecule has 0 saturated carbocycles. The second-order valence-corrected chi connectivity index (χ2v) is 6.16. The molecule has 1 spiro atoms. The Morgan fingerprint density at radius 1 is 1.38 bits per heavy atom. The van der Waals surface area contributed by atoms with Crippen LogP contribution in [0.5, 0.6) is 5.75 Å². The minimum Gasteiger partial charge on any atom is -0.507 e. The van der Waals surface area contributed by atoms with Gasteiger partial charge in [0, 0.05) is 11.1 Å². The van der Waals surface area contributed by atoms with Crippen molar-refractivity contribution in [1.29, 1.82) is 0 Å².